The molecule has 2 amide bonds. The number of fused-ring (bicyclic) bond motifs is 1. The zero-order valence-corrected chi connectivity index (χ0v) is 22.6. The fraction of sp³-hybridized carbons (Fsp3) is 0.429. The first kappa shape index (κ1) is 32.4. The van der Waals surface area contributed by atoms with Crippen LogP contribution < -0.4 is 15.4 Å². The lowest BCUT2D eigenvalue weighted by Crippen LogP contribution is -2.45. The van der Waals surface area contributed by atoms with Crippen molar-refractivity contribution < 1.29 is 50.6 Å². The highest BCUT2D eigenvalue weighted by molar-refractivity contribution is 6.20. The molecular weight excluding hydrogens is 572 g/mol. The summed E-state index contributed by atoms with van der Waals surface area (Å²) in [5, 5.41) is 13.7. The molecule has 42 heavy (non-hydrogen) atoms. The molecule has 1 fully saturated rings. The number of nitrogens with one attached hydrogen (secondary N) is 2. The van der Waals surface area contributed by atoms with Crippen molar-refractivity contribution in [2.24, 2.45) is 16.8 Å². The number of nitrogens with zero attached hydrogens (tertiary/aromatic N) is 1. The number of carboxylic acids is 1. The number of carbonyl (C=O) groups excluding carboxylic acids is 2. The summed E-state index contributed by atoms with van der Waals surface area (Å²) in [7, 11) is 1.28. The van der Waals surface area contributed by atoms with Crippen LogP contribution in [-0.2, 0) is 20.6 Å². The van der Waals surface area contributed by atoms with E-state index in [-0.39, 0.29) is 28.3 Å². The van der Waals surface area contributed by atoms with Gasteiger partial charge in [-0.1, -0.05) is 44.0 Å². The van der Waals surface area contributed by atoms with Crippen molar-refractivity contribution in [1.29, 1.82) is 0 Å². The molecule has 0 spiro atoms. The summed E-state index contributed by atoms with van der Waals surface area (Å²) in [6.07, 6.45) is -11.5. The molecule has 4 rings (SSSR count). The van der Waals surface area contributed by atoms with E-state index >= 15 is 0 Å². The molecule has 0 radical (unpaired) electrons. The predicted molar refractivity (Wildman–Crippen MR) is 140 cm³/mol. The zero-order chi connectivity index (χ0) is 31.2. The number of anilines is 1. The van der Waals surface area contributed by atoms with Crippen LogP contribution in [0.1, 0.15) is 55.7 Å². The van der Waals surface area contributed by atoms with Gasteiger partial charge in [-0.2, -0.15) is 26.3 Å². The number of aliphatic carboxylic acids is 1. The largest absolute Gasteiger partial charge is 0.495 e. The number of hydrogen-bond donors (Lipinski definition) is 3. The molecule has 0 aromatic heterocycles. The van der Waals surface area contributed by atoms with Gasteiger partial charge in [0.1, 0.15) is 5.75 Å². The van der Waals surface area contributed by atoms with E-state index in [0.717, 1.165) is 24.1 Å². The van der Waals surface area contributed by atoms with Gasteiger partial charge in [-0.05, 0) is 30.5 Å². The molecule has 1 saturated carbocycles. The van der Waals surface area contributed by atoms with Gasteiger partial charge in [-0.25, -0.2) is 4.99 Å². The molecular formula is C28H29F6N3O5. The van der Waals surface area contributed by atoms with Crippen LogP contribution in [0.15, 0.2) is 47.5 Å². The van der Waals surface area contributed by atoms with Crippen molar-refractivity contribution in [2.45, 2.75) is 57.5 Å². The van der Waals surface area contributed by atoms with E-state index in [0.29, 0.717) is 0 Å². The van der Waals surface area contributed by atoms with E-state index in [4.69, 9.17) is 9.84 Å². The molecule has 1 aliphatic carbocycles. The number of benzodiazepines with no additional fused rings is 1. The number of benzene rings is 2. The molecule has 3 N–H and O–H groups in total. The van der Waals surface area contributed by atoms with Gasteiger partial charge in [0.05, 0.1) is 30.5 Å². The molecule has 0 bridgehead atoms. The lowest BCUT2D eigenvalue weighted by molar-refractivity contribution is -0.148. The Kier molecular flexibility index (Phi) is 10.2. The summed E-state index contributed by atoms with van der Waals surface area (Å²) in [5.74, 6) is -4.16. The number of amides is 2. The first-order valence-electron chi connectivity index (χ1n) is 12.9. The van der Waals surface area contributed by atoms with E-state index in [1.165, 1.54) is 44.2 Å². The predicted octanol–water partition coefficient (Wildman–Crippen LogP) is 5.80. The number of carboxylic acid groups (broad SMARTS) is 1. The third-order valence-corrected chi connectivity index (χ3v) is 6.43. The minimum absolute atomic E-state index is 0.0343. The molecule has 14 heteroatoms. The lowest BCUT2D eigenvalue weighted by atomic mass is 9.98. The lowest BCUT2D eigenvalue weighted by Gasteiger charge is -2.19. The number of methoxy groups -OCH3 is 1. The third-order valence-electron chi connectivity index (χ3n) is 6.43. The molecule has 1 aliphatic heterocycles. The standard InChI is InChI=1S/C24H21F6N3O5.C4H8/c1-38-16-7-3-6-15-18(12-4-2-5-14(10-12)24(28,29)30)31-20(22(37)32-19(15)16)33-21(36)13(11-17(34)35)8-9-23(25,26)27;1-4-2-3-4/h2-7,10,13,20H,8-9,11H2,1H3,(H,32,37)(H,33,36)(H,34,35);4H,2-3H2,1H3. The van der Waals surface area contributed by atoms with E-state index in [9.17, 15) is 40.7 Å². The average molecular weight is 602 g/mol. The number of para-hydroxylation sites is 1. The number of ether oxygens (including phenoxy) is 1. The number of aliphatic imine (C=N–C) groups is 1. The zero-order valence-electron chi connectivity index (χ0n) is 22.6. The molecule has 2 aromatic carbocycles. The fourth-order valence-corrected chi connectivity index (χ4v) is 3.94. The Labute approximate surface area is 237 Å². The SMILES string of the molecule is CC1CC1.COc1cccc2c1NC(=O)C(NC(=O)C(CCC(F)(F)F)CC(=O)O)N=C2c1cccc(C(F)(F)F)c1. The number of alkyl halides is 6. The number of carbonyl (C=O) groups is 3. The molecule has 2 aliphatic rings. The van der Waals surface area contributed by atoms with E-state index in [2.05, 4.69) is 22.5 Å². The first-order valence-corrected chi connectivity index (χ1v) is 12.9. The summed E-state index contributed by atoms with van der Waals surface area (Å²) in [4.78, 5) is 41.1. The van der Waals surface area contributed by atoms with Crippen LogP contribution in [-0.4, -0.2) is 48.1 Å². The quantitative estimate of drug-likeness (QED) is 0.331. The Balaban J connectivity index is 0.00000111. The summed E-state index contributed by atoms with van der Waals surface area (Å²) >= 11 is 0. The maximum Gasteiger partial charge on any atom is 0.416 e. The fourth-order valence-electron chi connectivity index (χ4n) is 3.94. The van der Waals surface area contributed by atoms with Crippen molar-refractivity contribution in [1.82, 2.24) is 5.32 Å². The molecule has 2 unspecified atom stereocenters. The van der Waals surface area contributed by atoms with Crippen molar-refractivity contribution in [3.8, 4) is 5.75 Å². The Bertz CT molecular complexity index is 1340. The molecule has 2 atom stereocenters. The highest BCUT2D eigenvalue weighted by Crippen LogP contribution is 2.35. The molecule has 1 heterocycles. The monoisotopic (exact) mass is 601 g/mol. The van der Waals surface area contributed by atoms with E-state index in [1.807, 2.05) is 0 Å². The van der Waals surface area contributed by atoms with E-state index < -0.39 is 67.0 Å². The minimum atomic E-state index is -4.71. The van der Waals surface area contributed by atoms with Crippen molar-refractivity contribution in [2.75, 3.05) is 12.4 Å². The second-order valence-electron chi connectivity index (χ2n) is 9.97. The van der Waals surface area contributed by atoms with Crippen LogP contribution in [0.4, 0.5) is 32.0 Å². The van der Waals surface area contributed by atoms with Crippen molar-refractivity contribution in [3.63, 3.8) is 0 Å². The van der Waals surface area contributed by atoms with Gasteiger partial charge >= 0.3 is 18.3 Å². The normalized spacial score (nSPS) is 17.4. The van der Waals surface area contributed by atoms with Gasteiger partial charge < -0.3 is 20.5 Å². The van der Waals surface area contributed by atoms with Crippen LogP contribution in [0.5, 0.6) is 5.75 Å². The van der Waals surface area contributed by atoms with E-state index in [1.54, 1.807) is 0 Å². The van der Waals surface area contributed by atoms with Gasteiger partial charge in [0, 0.05) is 23.5 Å². The Hall–Kier alpha value is -4.10. The highest BCUT2D eigenvalue weighted by Gasteiger charge is 2.35. The summed E-state index contributed by atoms with van der Waals surface area (Å²) in [6.45, 7) is 2.28. The number of halogens is 6. The minimum Gasteiger partial charge on any atom is -0.495 e. The van der Waals surface area contributed by atoms with Crippen LogP contribution in [0.2, 0.25) is 0 Å². The van der Waals surface area contributed by atoms with Gasteiger partial charge in [-0.3, -0.25) is 14.4 Å². The smallest absolute Gasteiger partial charge is 0.416 e. The van der Waals surface area contributed by atoms with Crippen LogP contribution in [0.25, 0.3) is 0 Å². The Morgan fingerprint density at radius 1 is 1.12 bits per heavy atom. The second-order valence-corrected chi connectivity index (χ2v) is 9.97. The molecule has 0 saturated heterocycles. The second kappa shape index (κ2) is 13.3. The van der Waals surface area contributed by atoms with Crippen molar-refractivity contribution >= 4 is 29.2 Å². The summed E-state index contributed by atoms with van der Waals surface area (Å²) < 4.78 is 83.5. The summed E-state index contributed by atoms with van der Waals surface area (Å²) in [6, 6.07) is 8.42. The summed E-state index contributed by atoms with van der Waals surface area (Å²) in [5.41, 5.74) is -1.07. The maximum atomic E-state index is 13.4. The topological polar surface area (TPSA) is 117 Å². The molecule has 2 aromatic rings. The van der Waals surface area contributed by atoms with Crippen LogP contribution in [0.3, 0.4) is 0 Å². The Morgan fingerprint density at radius 2 is 1.76 bits per heavy atom. The van der Waals surface area contributed by atoms with Gasteiger partial charge in [-0.15, -0.1) is 0 Å². The van der Waals surface area contributed by atoms with Gasteiger partial charge in [0.15, 0.2) is 0 Å². The molecule has 8 nitrogen and oxygen atoms in total. The van der Waals surface area contributed by atoms with Gasteiger partial charge in [0.2, 0.25) is 12.1 Å². The first-order chi connectivity index (χ1) is 19.6. The van der Waals surface area contributed by atoms with Gasteiger partial charge in [0.25, 0.3) is 5.91 Å². The highest BCUT2D eigenvalue weighted by atomic mass is 19.4. The Morgan fingerprint density at radius 3 is 2.31 bits per heavy atom. The van der Waals surface area contributed by atoms with Crippen molar-refractivity contribution in [3.05, 3.63) is 59.2 Å². The van der Waals surface area contributed by atoms with Crippen LogP contribution >= 0.6 is 0 Å². The third kappa shape index (κ3) is 9.21. The molecule has 228 valence electrons. The van der Waals surface area contributed by atoms with Crippen LogP contribution in [0, 0.1) is 11.8 Å². The number of rotatable bonds is 8. The number of hydrogen-bond acceptors (Lipinski definition) is 5. The average Bonchev–Trinajstić information content (AvgIpc) is 3.71. The maximum absolute atomic E-state index is 13.4.